The molecule has 8 heteroatoms. The SMILES string of the molecule is Cc1noc(C(C)Sc2nncn2-c2ccc(C)c(Cl)c2)n1. The first-order valence-electron chi connectivity index (χ1n) is 6.68. The van der Waals surface area contributed by atoms with Gasteiger partial charge in [0.25, 0.3) is 0 Å². The van der Waals surface area contributed by atoms with Crippen molar-refractivity contribution < 1.29 is 4.52 Å². The quantitative estimate of drug-likeness (QED) is 0.676. The molecule has 0 fully saturated rings. The van der Waals surface area contributed by atoms with Crippen molar-refractivity contribution in [3.8, 4) is 5.69 Å². The zero-order chi connectivity index (χ0) is 15.7. The van der Waals surface area contributed by atoms with Crippen LogP contribution in [-0.4, -0.2) is 24.9 Å². The van der Waals surface area contributed by atoms with Crippen LogP contribution in [0.5, 0.6) is 0 Å². The van der Waals surface area contributed by atoms with Crippen molar-refractivity contribution in [1.82, 2.24) is 24.9 Å². The standard InChI is InChI=1S/C14H14ClN5OS/c1-8-4-5-11(6-12(8)15)20-7-16-18-14(20)22-9(2)13-17-10(3)19-21-13/h4-7,9H,1-3H3. The Hall–Kier alpha value is -1.86. The van der Waals surface area contributed by atoms with Gasteiger partial charge in [-0.2, -0.15) is 4.98 Å². The molecule has 3 aromatic rings. The second-order valence-electron chi connectivity index (χ2n) is 4.86. The van der Waals surface area contributed by atoms with Gasteiger partial charge in [0.1, 0.15) is 6.33 Å². The van der Waals surface area contributed by atoms with Crippen molar-refractivity contribution >= 4 is 23.4 Å². The summed E-state index contributed by atoms with van der Waals surface area (Å²) in [5, 5.41) is 13.4. The summed E-state index contributed by atoms with van der Waals surface area (Å²) in [5.41, 5.74) is 1.94. The number of hydrogen-bond acceptors (Lipinski definition) is 6. The van der Waals surface area contributed by atoms with Crippen LogP contribution in [0.25, 0.3) is 5.69 Å². The first-order chi connectivity index (χ1) is 10.5. The predicted molar refractivity (Wildman–Crippen MR) is 84.4 cm³/mol. The number of nitrogens with zero attached hydrogens (tertiary/aromatic N) is 5. The molecule has 22 heavy (non-hydrogen) atoms. The number of benzene rings is 1. The Balaban J connectivity index is 1.87. The number of halogens is 1. The molecule has 3 rings (SSSR count). The topological polar surface area (TPSA) is 69.6 Å². The van der Waals surface area contributed by atoms with Gasteiger partial charge in [0.15, 0.2) is 11.0 Å². The molecule has 0 aliphatic rings. The number of aryl methyl sites for hydroxylation is 2. The number of hydrogen-bond donors (Lipinski definition) is 0. The van der Waals surface area contributed by atoms with Crippen LogP contribution >= 0.6 is 23.4 Å². The summed E-state index contributed by atoms with van der Waals surface area (Å²) in [4.78, 5) is 4.24. The van der Waals surface area contributed by atoms with Gasteiger partial charge in [-0.05, 0) is 38.5 Å². The highest BCUT2D eigenvalue weighted by Crippen LogP contribution is 2.34. The summed E-state index contributed by atoms with van der Waals surface area (Å²) < 4.78 is 7.08. The lowest BCUT2D eigenvalue weighted by molar-refractivity contribution is 0.376. The van der Waals surface area contributed by atoms with Crippen LogP contribution in [0.4, 0.5) is 0 Å². The zero-order valence-electron chi connectivity index (χ0n) is 12.3. The molecule has 6 nitrogen and oxygen atoms in total. The van der Waals surface area contributed by atoms with E-state index in [2.05, 4.69) is 20.3 Å². The van der Waals surface area contributed by atoms with E-state index < -0.39 is 0 Å². The molecule has 2 aromatic heterocycles. The van der Waals surface area contributed by atoms with Crippen LogP contribution in [0, 0.1) is 13.8 Å². The zero-order valence-corrected chi connectivity index (χ0v) is 13.9. The smallest absolute Gasteiger partial charge is 0.239 e. The molecule has 1 atom stereocenters. The van der Waals surface area contributed by atoms with Gasteiger partial charge in [0, 0.05) is 5.02 Å². The van der Waals surface area contributed by atoms with E-state index in [0.29, 0.717) is 16.7 Å². The van der Waals surface area contributed by atoms with Crippen molar-refractivity contribution in [3.05, 3.63) is 46.8 Å². The van der Waals surface area contributed by atoms with E-state index in [1.807, 2.05) is 36.6 Å². The fourth-order valence-electron chi connectivity index (χ4n) is 1.90. The second kappa shape index (κ2) is 6.10. The van der Waals surface area contributed by atoms with Gasteiger partial charge in [-0.1, -0.05) is 34.6 Å². The molecule has 0 saturated carbocycles. The molecule has 0 aliphatic carbocycles. The first kappa shape index (κ1) is 15.1. The average molecular weight is 336 g/mol. The molecule has 114 valence electrons. The Morgan fingerprint density at radius 3 is 2.82 bits per heavy atom. The summed E-state index contributed by atoms with van der Waals surface area (Å²) in [6, 6.07) is 5.85. The van der Waals surface area contributed by atoms with Crippen molar-refractivity contribution in [2.75, 3.05) is 0 Å². The number of aromatic nitrogens is 5. The Labute approximate surface area is 136 Å². The Morgan fingerprint density at radius 1 is 1.32 bits per heavy atom. The van der Waals surface area contributed by atoms with Gasteiger partial charge in [-0.25, -0.2) is 0 Å². The van der Waals surface area contributed by atoms with Crippen LogP contribution in [0.2, 0.25) is 5.02 Å². The Morgan fingerprint density at radius 2 is 2.14 bits per heavy atom. The van der Waals surface area contributed by atoms with Crippen LogP contribution < -0.4 is 0 Å². The highest BCUT2D eigenvalue weighted by molar-refractivity contribution is 7.99. The molecule has 0 saturated heterocycles. The van der Waals surface area contributed by atoms with Gasteiger partial charge in [-0.15, -0.1) is 10.2 Å². The third kappa shape index (κ3) is 3.00. The molecular weight excluding hydrogens is 322 g/mol. The maximum atomic E-state index is 6.19. The number of rotatable bonds is 4. The van der Waals surface area contributed by atoms with Crippen molar-refractivity contribution in [1.29, 1.82) is 0 Å². The predicted octanol–water partition coefficient (Wildman–Crippen LogP) is 3.77. The maximum Gasteiger partial charge on any atom is 0.239 e. The minimum atomic E-state index is -0.0231. The molecule has 1 aromatic carbocycles. The molecule has 0 amide bonds. The molecule has 0 spiro atoms. The monoisotopic (exact) mass is 335 g/mol. The van der Waals surface area contributed by atoms with Crippen LogP contribution in [0.3, 0.4) is 0 Å². The molecule has 0 N–H and O–H groups in total. The van der Waals surface area contributed by atoms with Gasteiger partial charge in [-0.3, -0.25) is 4.57 Å². The third-order valence-electron chi connectivity index (χ3n) is 3.12. The fraction of sp³-hybridized carbons (Fsp3) is 0.286. The van der Waals surface area contributed by atoms with E-state index in [-0.39, 0.29) is 5.25 Å². The summed E-state index contributed by atoms with van der Waals surface area (Å²) in [6.45, 7) is 5.74. The Bertz CT molecular complexity index is 800. The summed E-state index contributed by atoms with van der Waals surface area (Å²) in [5.74, 6) is 1.19. The van der Waals surface area contributed by atoms with Gasteiger partial charge >= 0.3 is 0 Å². The van der Waals surface area contributed by atoms with Gasteiger partial charge in [0.2, 0.25) is 5.89 Å². The van der Waals surface area contributed by atoms with Crippen molar-refractivity contribution in [3.63, 3.8) is 0 Å². The van der Waals surface area contributed by atoms with E-state index in [1.54, 1.807) is 13.3 Å². The minimum absolute atomic E-state index is 0.0231. The van der Waals surface area contributed by atoms with E-state index in [9.17, 15) is 0 Å². The lowest BCUT2D eigenvalue weighted by Gasteiger charge is -2.09. The largest absolute Gasteiger partial charge is 0.338 e. The van der Waals surface area contributed by atoms with Crippen LogP contribution in [0.15, 0.2) is 34.2 Å². The number of thioether (sulfide) groups is 1. The summed E-state index contributed by atoms with van der Waals surface area (Å²) in [7, 11) is 0. The maximum absolute atomic E-state index is 6.19. The van der Waals surface area contributed by atoms with E-state index in [0.717, 1.165) is 16.4 Å². The van der Waals surface area contributed by atoms with Crippen molar-refractivity contribution in [2.24, 2.45) is 0 Å². The minimum Gasteiger partial charge on any atom is -0.338 e. The summed E-state index contributed by atoms with van der Waals surface area (Å²) >= 11 is 7.69. The molecule has 0 bridgehead atoms. The average Bonchev–Trinajstić information content (AvgIpc) is 3.11. The normalized spacial score (nSPS) is 12.5. The highest BCUT2D eigenvalue weighted by Gasteiger charge is 2.18. The van der Waals surface area contributed by atoms with E-state index >= 15 is 0 Å². The molecule has 1 unspecified atom stereocenters. The second-order valence-corrected chi connectivity index (χ2v) is 6.57. The molecule has 0 aliphatic heterocycles. The van der Waals surface area contributed by atoms with Crippen LogP contribution in [0.1, 0.15) is 29.5 Å². The van der Waals surface area contributed by atoms with E-state index in [4.69, 9.17) is 16.1 Å². The van der Waals surface area contributed by atoms with Gasteiger partial charge < -0.3 is 4.52 Å². The molecule has 2 heterocycles. The summed E-state index contributed by atoms with van der Waals surface area (Å²) in [6.07, 6.45) is 1.66. The van der Waals surface area contributed by atoms with Gasteiger partial charge in [0.05, 0.1) is 10.9 Å². The third-order valence-corrected chi connectivity index (χ3v) is 4.57. The molecule has 0 radical (unpaired) electrons. The highest BCUT2D eigenvalue weighted by atomic mass is 35.5. The lowest BCUT2D eigenvalue weighted by Crippen LogP contribution is -1.98. The Kier molecular flexibility index (Phi) is 4.17. The lowest BCUT2D eigenvalue weighted by atomic mass is 10.2. The molecular formula is C14H14ClN5OS. The fourth-order valence-corrected chi connectivity index (χ4v) is 2.95. The van der Waals surface area contributed by atoms with E-state index in [1.165, 1.54) is 11.8 Å². The van der Waals surface area contributed by atoms with Crippen molar-refractivity contribution in [2.45, 2.75) is 31.2 Å². The van der Waals surface area contributed by atoms with Crippen LogP contribution in [-0.2, 0) is 0 Å². The first-order valence-corrected chi connectivity index (χ1v) is 7.94.